The Bertz CT molecular complexity index is 313. The lowest BCUT2D eigenvalue weighted by molar-refractivity contribution is -0.146. The van der Waals surface area contributed by atoms with Gasteiger partial charge in [0.25, 0.3) is 5.78 Å². The van der Waals surface area contributed by atoms with Crippen molar-refractivity contribution in [2.45, 2.75) is 12.8 Å². The Morgan fingerprint density at radius 2 is 2.08 bits per heavy atom. The molecule has 0 spiro atoms. The summed E-state index contributed by atoms with van der Waals surface area (Å²) in [5.74, 6) is -2.50. The van der Waals surface area contributed by atoms with Crippen LogP contribution in [0.1, 0.15) is 12.8 Å². The van der Waals surface area contributed by atoms with Crippen molar-refractivity contribution < 1.29 is 19.1 Å². The van der Waals surface area contributed by atoms with E-state index in [-0.39, 0.29) is 11.5 Å². The molecule has 0 bridgehead atoms. The average molecular weight is 166 g/mol. The maximum atomic E-state index is 11.1. The first-order valence-corrected chi connectivity index (χ1v) is 3.69. The zero-order chi connectivity index (χ0) is 8.72. The van der Waals surface area contributed by atoms with Crippen LogP contribution in [0.15, 0.2) is 11.8 Å². The summed E-state index contributed by atoms with van der Waals surface area (Å²) in [6, 6.07) is 0. The van der Waals surface area contributed by atoms with Crippen LogP contribution in [0.3, 0.4) is 0 Å². The predicted molar refractivity (Wildman–Crippen MR) is 36.9 cm³/mol. The van der Waals surface area contributed by atoms with Gasteiger partial charge in [0.05, 0.1) is 0 Å². The van der Waals surface area contributed by atoms with Crippen molar-refractivity contribution in [2.75, 3.05) is 0 Å². The fourth-order valence-electron chi connectivity index (χ4n) is 1.43. The third-order valence-electron chi connectivity index (χ3n) is 2.02. The summed E-state index contributed by atoms with van der Waals surface area (Å²) >= 11 is 0. The number of allylic oxidation sites excluding steroid dienone is 2. The van der Waals surface area contributed by atoms with Crippen LogP contribution in [0.2, 0.25) is 0 Å². The molecule has 0 aromatic carbocycles. The normalized spacial score (nSPS) is 28.2. The van der Waals surface area contributed by atoms with Crippen molar-refractivity contribution in [3.63, 3.8) is 0 Å². The van der Waals surface area contributed by atoms with Crippen LogP contribution >= 0.6 is 0 Å². The molecule has 1 unspecified atom stereocenters. The van der Waals surface area contributed by atoms with E-state index in [1.807, 2.05) is 0 Å². The second-order valence-electron chi connectivity index (χ2n) is 2.80. The number of carbonyl (C=O) groups is 3. The molecule has 0 N–H and O–H groups in total. The van der Waals surface area contributed by atoms with Gasteiger partial charge in [-0.3, -0.25) is 9.59 Å². The maximum Gasteiger partial charge on any atom is 0.380 e. The summed E-state index contributed by atoms with van der Waals surface area (Å²) in [7, 11) is 0. The van der Waals surface area contributed by atoms with E-state index < -0.39 is 17.7 Å². The van der Waals surface area contributed by atoms with Gasteiger partial charge < -0.3 is 4.74 Å². The summed E-state index contributed by atoms with van der Waals surface area (Å²) in [4.78, 5) is 32.9. The molecule has 1 aliphatic carbocycles. The minimum Gasteiger partial charge on any atom is -0.424 e. The zero-order valence-electron chi connectivity index (χ0n) is 6.20. The number of esters is 1. The van der Waals surface area contributed by atoms with Crippen LogP contribution in [0.4, 0.5) is 0 Å². The number of ketones is 2. The van der Waals surface area contributed by atoms with Crippen LogP contribution in [-0.2, 0) is 19.1 Å². The Morgan fingerprint density at radius 3 is 2.75 bits per heavy atom. The van der Waals surface area contributed by atoms with Gasteiger partial charge >= 0.3 is 5.97 Å². The molecule has 1 aliphatic heterocycles. The lowest BCUT2D eigenvalue weighted by Gasteiger charge is -2.10. The third kappa shape index (κ3) is 0.809. The number of rotatable bonds is 0. The topological polar surface area (TPSA) is 60.4 Å². The fraction of sp³-hybridized carbons (Fsp3) is 0.375. The average Bonchev–Trinajstić information content (AvgIpc) is 2.29. The quantitative estimate of drug-likeness (QED) is 0.288. The number of Topliss-reactive ketones (excluding diaryl/α,β-unsaturated/α-hetero) is 2. The van der Waals surface area contributed by atoms with Gasteiger partial charge in [-0.25, -0.2) is 4.79 Å². The second-order valence-corrected chi connectivity index (χ2v) is 2.80. The molecule has 4 nitrogen and oxygen atoms in total. The Labute approximate surface area is 68.2 Å². The van der Waals surface area contributed by atoms with Gasteiger partial charge in [0.2, 0.25) is 0 Å². The van der Waals surface area contributed by atoms with E-state index in [0.29, 0.717) is 12.8 Å². The van der Waals surface area contributed by atoms with Gasteiger partial charge in [-0.2, -0.15) is 0 Å². The smallest absolute Gasteiger partial charge is 0.380 e. The molecule has 0 saturated carbocycles. The molecule has 0 radical (unpaired) electrons. The molecule has 4 heteroatoms. The van der Waals surface area contributed by atoms with E-state index in [4.69, 9.17) is 0 Å². The summed E-state index contributed by atoms with van der Waals surface area (Å²) < 4.78 is 4.60. The molecule has 0 aromatic heterocycles. The number of hydrogen-bond acceptors (Lipinski definition) is 4. The van der Waals surface area contributed by atoms with Crippen LogP contribution in [0.5, 0.6) is 0 Å². The minimum absolute atomic E-state index is 0.205. The van der Waals surface area contributed by atoms with E-state index in [9.17, 15) is 14.4 Å². The Kier molecular flexibility index (Phi) is 1.36. The highest BCUT2D eigenvalue weighted by atomic mass is 16.6. The van der Waals surface area contributed by atoms with Crippen molar-refractivity contribution in [3.05, 3.63) is 11.8 Å². The summed E-state index contributed by atoms with van der Waals surface area (Å²) in [5, 5.41) is 0. The highest BCUT2D eigenvalue weighted by Crippen LogP contribution is 2.29. The first kappa shape index (κ1) is 7.21. The summed E-state index contributed by atoms with van der Waals surface area (Å²) in [6.45, 7) is 0. The molecular formula is C8H6O4. The molecule has 2 aliphatic rings. The van der Waals surface area contributed by atoms with E-state index in [0.717, 1.165) is 0 Å². The first-order chi connectivity index (χ1) is 5.70. The molecule has 1 saturated heterocycles. The van der Waals surface area contributed by atoms with E-state index in [1.165, 1.54) is 0 Å². The predicted octanol–water partition coefficient (Wildman–Crippen LogP) is -0.0247. The zero-order valence-corrected chi connectivity index (χ0v) is 6.20. The number of fused-ring (bicyclic) bond motifs is 1. The molecule has 1 heterocycles. The molecule has 0 amide bonds. The summed E-state index contributed by atoms with van der Waals surface area (Å²) in [5.41, 5.74) is 0. The Morgan fingerprint density at radius 1 is 1.33 bits per heavy atom. The summed E-state index contributed by atoms with van der Waals surface area (Å²) in [6.07, 6.45) is 2.52. The molecule has 1 fully saturated rings. The largest absolute Gasteiger partial charge is 0.424 e. The number of ether oxygens (including phenoxy) is 1. The third-order valence-corrected chi connectivity index (χ3v) is 2.02. The lowest BCUT2D eigenvalue weighted by Crippen LogP contribution is -2.24. The van der Waals surface area contributed by atoms with Gasteiger partial charge in [-0.05, 0) is 12.5 Å². The number of carbonyl (C=O) groups excluding carboxylic acids is 3. The fourth-order valence-corrected chi connectivity index (χ4v) is 1.43. The standard InChI is InChI=1S/C8H6O4/c9-4-2-1-3-5-6(4)7(10)8(11)12-5/h3,6H,1-2H2. The maximum absolute atomic E-state index is 11.1. The lowest BCUT2D eigenvalue weighted by atomic mass is 9.91. The molecule has 62 valence electrons. The first-order valence-electron chi connectivity index (χ1n) is 3.69. The second kappa shape index (κ2) is 2.27. The van der Waals surface area contributed by atoms with Crippen molar-refractivity contribution in [2.24, 2.45) is 5.92 Å². The van der Waals surface area contributed by atoms with Gasteiger partial charge in [-0.15, -0.1) is 0 Å². The van der Waals surface area contributed by atoms with Gasteiger partial charge in [0.15, 0.2) is 5.78 Å². The molecule has 2 rings (SSSR count). The monoisotopic (exact) mass is 166 g/mol. The van der Waals surface area contributed by atoms with Gasteiger partial charge in [-0.1, -0.05) is 0 Å². The van der Waals surface area contributed by atoms with Crippen molar-refractivity contribution >= 4 is 17.5 Å². The Balaban J connectivity index is 2.43. The van der Waals surface area contributed by atoms with Crippen molar-refractivity contribution in [1.82, 2.24) is 0 Å². The highest BCUT2D eigenvalue weighted by molar-refractivity contribution is 6.41. The van der Waals surface area contributed by atoms with Crippen LogP contribution in [0.25, 0.3) is 0 Å². The highest BCUT2D eigenvalue weighted by Gasteiger charge is 2.45. The molecular weight excluding hydrogens is 160 g/mol. The van der Waals surface area contributed by atoms with Crippen LogP contribution < -0.4 is 0 Å². The SMILES string of the molecule is O=C1OC2=CCCC(=O)C2C1=O. The van der Waals surface area contributed by atoms with E-state index in [2.05, 4.69) is 4.74 Å². The molecule has 12 heavy (non-hydrogen) atoms. The Hall–Kier alpha value is -1.45. The van der Waals surface area contributed by atoms with E-state index >= 15 is 0 Å². The number of hydrogen-bond donors (Lipinski definition) is 0. The van der Waals surface area contributed by atoms with Gasteiger partial charge in [0.1, 0.15) is 11.7 Å². The van der Waals surface area contributed by atoms with Crippen LogP contribution in [-0.4, -0.2) is 17.5 Å². The van der Waals surface area contributed by atoms with E-state index in [1.54, 1.807) is 6.08 Å². The van der Waals surface area contributed by atoms with Crippen molar-refractivity contribution in [3.8, 4) is 0 Å². The molecule has 1 atom stereocenters. The minimum atomic E-state index is -0.911. The van der Waals surface area contributed by atoms with Gasteiger partial charge in [0, 0.05) is 6.42 Å². The molecule has 0 aromatic rings. The van der Waals surface area contributed by atoms with Crippen molar-refractivity contribution in [1.29, 1.82) is 0 Å². The van der Waals surface area contributed by atoms with Crippen LogP contribution in [0, 0.1) is 5.92 Å².